The average molecular weight is 301 g/mol. The quantitative estimate of drug-likeness (QED) is 0.786. The summed E-state index contributed by atoms with van der Waals surface area (Å²) < 4.78 is 5.74. The van der Waals surface area contributed by atoms with Crippen LogP contribution in [0.5, 0.6) is 5.75 Å². The van der Waals surface area contributed by atoms with Crippen molar-refractivity contribution < 1.29 is 4.74 Å². The first-order valence-corrected chi connectivity index (χ1v) is 8.51. The lowest BCUT2D eigenvalue weighted by molar-refractivity contribution is 0.333. The zero-order chi connectivity index (χ0) is 14.9. The lowest BCUT2D eigenvalue weighted by atomic mass is 10.1. The van der Waals surface area contributed by atoms with Gasteiger partial charge in [0.25, 0.3) is 0 Å². The molecule has 2 aromatic carbocycles. The molecule has 0 saturated heterocycles. The van der Waals surface area contributed by atoms with Crippen LogP contribution in [0.1, 0.15) is 24.1 Å². The van der Waals surface area contributed by atoms with E-state index in [1.165, 1.54) is 11.1 Å². The van der Waals surface area contributed by atoms with Gasteiger partial charge in [0, 0.05) is 23.1 Å². The van der Waals surface area contributed by atoms with Gasteiger partial charge in [0.05, 0.1) is 6.61 Å². The van der Waals surface area contributed by atoms with E-state index in [2.05, 4.69) is 47.8 Å². The van der Waals surface area contributed by atoms with Crippen molar-refractivity contribution in [2.75, 3.05) is 19.4 Å². The van der Waals surface area contributed by atoms with Crippen LogP contribution in [0, 0.1) is 0 Å². The van der Waals surface area contributed by atoms with Crippen molar-refractivity contribution >= 4 is 11.8 Å². The summed E-state index contributed by atoms with van der Waals surface area (Å²) >= 11 is 1.94. The number of rotatable bonds is 8. The Bertz CT molecular complexity index is 530. The first-order valence-electron chi connectivity index (χ1n) is 7.35. The molecule has 0 spiro atoms. The maximum Gasteiger partial charge on any atom is 0.124 e. The van der Waals surface area contributed by atoms with Gasteiger partial charge in [-0.2, -0.15) is 11.8 Å². The van der Waals surface area contributed by atoms with Crippen LogP contribution in [0.15, 0.2) is 54.6 Å². The predicted octanol–water partition coefficient (Wildman–Crippen LogP) is 4.28. The van der Waals surface area contributed by atoms with E-state index in [9.17, 15) is 0 Å². The second kappa shape index (κ2) is 8.75. The number of ether oxygens (including phenoxy) is 1. The van der Waals surface area contributed by atoms with Crippen molar-refractivity contribution in [3.63, 3.8) is 0 Å². The first kappa shape index (κ1) is 15.9. The predicted molar refractivity (Wildman–Crippen MR) is 92.0 cm³/mol. The number of benzene rings is 2. The van der Waals surface area contributed by atoms with E-state index >= 15 is 0 Å². The van der Waals surface area contributed by atoms with Gasteiger partial charge >= 0.3 is 0 Å². The fraction of sp³-hybridized carbons (Fsp3) is 0.333. The Balaban J connectivity index is 1.96. The van der Waals surface area contributed by atoms with Gasteiger partial charge in [-0.05, 0) is 25.6 Å². The molecule has 0 aromatic heterocycles. The molecule has 1 atom stereocenters. The minimum Gasteiger partial charge on any atom is -0.494 e. The Morgan fingerprint density at radius 3 is 2.48 bits per heavy atom. The summed E-state index contributed by atoms with van der Waals surface area (Å²) in [5.41, 5.74) is 2.61. The molecule has 2 aromatic rings. The van der Waals surface area contributed by atoms with E-state index in [1.807, 2.05) is 37.9 Å². The Kier molecular flexibility index (Phi) is 6.64. The zero-order valence-corrected chi connectivity index (χ0v) is 13.5. The van der Waals surface area contributed by atoms with Gasteiger partial charge in [-0.1, -0.05) is 48.5 Å². The summed E-state index contributed by atoms with van der Waals surface area (Å²) in [5.74, 6) is 3.05. The highest BCUT2D eigenvalue weighted by molar-refractivity contribution is 7.98. The van der Waals surface area contributed by atoms with Gasteiger partial charge < -0.3 is 10.1 Å². The highest BCUT2D eigenvalue weighted by Crippen LogP contribution is 2.28. The van der Waals surface area contributed by atoms with Gasteiger partial charge in [0.1, 0.15) is 5.75 Å². The fourth-order valence-corrected chi connectivity index (χ4v) is 3.38. The van der Waals surface area contributed by atoms with Crippen LogP contribution in [-0.4, -0.2) is 19.4 Å². The summed E-state index contributed by atoms with van der Waals surface area (Å²) in [6, 6.07) is 19.2. The molecule has 1 unspecified atom stereocenters. The molecule has 0 aliphatic heterocycles. The normalized spacial score (nSPS) is 12.1. The van der Waals surface area contributed by atoms with Crippen LogP contribution in [-0.2, 0) is 5.75 Å². The highest BCUT2D eigenvalue weighted by Gasteiger charge is 2.14. The van der Waals surface area contributed by atoms with Crippen molar-refractivity contribution in [1.82, 2.24) is 5.32 Å². The Hall–Kier alpha value is -1.45. The molecule has 2 nitrogen and oxygen atoms in total. The molecule has 0 fully saturated rings. The second-order valence-corrected chi connectivity index (χ2v) is 5.84. The minimum absolute atomic E-state index is 0.307. The van der Waals surface area contributed by atoms with Gasteiger partial charge in [-0.3, -0.25) is 0 Å². The standard InChI is InChI=1S/C18H23NOS/c1-3-20-18-12-8-7-11-16(18)17(19-2)14-21-13-15-9-5-4-6-10-15/h4-12,17,19H,3,13-14H2,1-2H3. The Morgan fingerprint density at radius 2 is 1.76 bits per heavy atom. The van der Waals surface area contributed by atoms with Crippen LogP contribution in [0.2, 0.25) is 0 Å². The van der Waals surface area contributed by atoms with Crippen molar-refractivity contribution in [3.8, 4) is 5.75 Å². The molecule has 1 N–H and O–H groups in total. The van der Waals surface area contributed by atoms with Crippen molar-refractivity contribution in [2.24, 2.45) is 0 Å². The van der Waals surface area contributed by atoms with Gasteiger partial charge in [0.2, 0.25) is 0 Å². The number of nitrogens with one attached hydrogen (secondary N) is 1. The molecule has 3 heteroatoms. The SMILES string of the molecule is CCOc1ccccc1C(CSCc1ccccc1)NC. The lowest BCUT2D eigenvalue weighted by Crippen LogP contribution is -2.19. The number of hydrogen-bond acceptors (Lipinski definition) is 3. The van der Waals surface area contributed by atoms with Crippen molar-refractivity contribution in [3.05, 3.63) is 65.7 Å². The van der Waals surface area contributed by atoms with Gasteiger partial charge in [-0.25, -0.2) is 0 Å². The molecule has 2 rings (SSSR count). The number of thioether (sulfide) groups is 1. The summed E-state index contributed by atoms with van der Waals surface area (Å²) in [7, 11) is 2.01. The van der Waals surface area contributed by atoms with Crippen LogP contribution < -0.4 is 10.1 Å². The van der Waals surface area contributed by atoms with Crippen LogP contribution in [0.4, 0.5) is 0 Å². The minimum atomic E-state index is 0.307. The van der Waals surface area contributed by atoms with E-state index in [4.69, 9.17) is 4.74 Å². The maximum absolute atomic E-state index is 5.74. The average Bonchev–Trinajstić information content (AvgIpc) is 2.54. The molecular weight excluding hydrogens is 278 g/mol. The molecule has 0 heterocycles. The maximum atomic E-state index is 5.74. The summed E-state index contributed by atoms with van der Waals surface area (Å²) in [6.07, 6.45) is 0. The zero-order valence-electron chi connectivity index (χ0n) is 12.7. The highest BCUT2D eigenvalue weighted by atomic mass is 32.2. The molecule has 21 heavy (non-hydrogen) atoms. The fourth-order valence-electron chi connectivity index (χ4n) is 2.25. The largest absolute Gasteiger partial charge is 0.494 e. The smallest absolute Gasteiger partial charge is 0.124 e. The van der Waals surface area contributed by atoms with E-state index in [0.29, 0.717) is 12.6 Å². The monoisotopic (exact) mass is 301 g/mol. The van der Waals surface area contributed by atoms with E-state index in [1.54, 1.807) is 0 Å². The molecule has 0 saturated carbocycles. The van der Waals surface area contributed by atoms with E-state index < -0.39 is 0 Å². The topological polar surface area (TPSA) is 21.3 Å². The van der Waals surface area contributed by atoms with E-state index in [0.717, 1.165) is 17.3 Å². The first-order chi connectivity index (χ1) is 10.3. The Labute approximate surface area is 131 Å². The third-order valence-corrected chi connectivity index (χ3v) is 4.45. The van der Waals surface area contributed by atoms with E-state index in [-0.39, 0.29) is 0 Å². The molecule has 0 amide bonds. The Morgan fingerprint density at radius 1 is 1.05 bits per heavy atom. The summed E-state index contributed by atoms with van der Waals surface area (Å²) in [5, 5.41) is 3.40. The van der Waals surface area contributed by atoms with Crippen LogP contribution >= 0.6 is 11.8 Å². The lowest BCUT2D eigenvalue weighted by Gasteiger charge is -2.19. The third-order valence-electron chi connectivity index (χ3n) is 3.34. The number of para-hydroxylation sites is 1. The molecular formula is C18H23NOS. The van der Waals surface area contributed by atoms with Crippen LogP contribution in [0.25, 0.3) is 0 Å². The van der Waals surface area contributed by atoms with Crippen molar-refractivity contribution in [1.29, 1.82) is 0 Å². The van der Waals surface area contributed by atoms with Gasteiger partial charge in [-0.15, -0.1) is 0 Å². The molecule has 0 radical (unpaired) electrons. The molecule has 0 aliphatic carbocycles. The molecule has 112 valence electrons. The molecule has 0 bridgehead atoms. The number of hydrogen-bond donors (Lipinski definition) is 1. The molecule has 0 aliphatic rings. The second-order valence-electron chi connectivity index (χ2n) is 4.81. The van der Waals surface area contributed by atoms with Crippen LogP contribution in [0.3, 0.4) is 0 Å². The summed E-state index contributed by atoms with van der Waals surface area (Å²) in [4.78, 5) is 0. The summed E-state index contributed by atoms with van der Waals surface area (Å²) in [6.45, 7) is 2.72. The van der Waals surface area contributed by atoms with Crippen molar-refractivity contribution in [2.45, 2.75) is 18.7 Å². The third kappa shape index (κ3) is 4.80. The van der Waals surface area contributed by atoms with Gasteiger partial charge in [0.15, 0.2) is 0 Å².